The van der Waals surface area contributed by atoms with Crippen molar-refractivity contribution in [2.45, 2.75) is 25.9 Å². The first kappa shape index (κ1) is 14.5. The fraction of sp³-hybridized carbons (Fsp3) is 0.625. The van der Waals surface area contributed by atoms with E-state index in [4.69, 9.17) is 14.2 Å². The smallest absolute Gasteiger partial charge is 0.231 e. The van der Waals surface area contributed by atoms with Crippen LogP contribution in [0.5, 0.6) is 17.2 Å². The largest absolute Gasteiger partial charge is 0.491 e. The molecular weight excluding hydrogens is 270 g/mol. The third-order valence-electron chi connectivity index (χ3n) is 4.13. The first-order chi connectivity index (χ1) is 10.2. The molecule has 1 N–H and O–H groups in total. The van der Waals surface area contributed by atoms with Gasteiger partial charge < -0.3 is 24.2 Å². The number of rotatable bonds is 5. The number of nitrogens with zero attached hydrogens (tertiary/aromatic N) is 1. The Labute approximate surface area is 125 Å². The molecule has 1 atom stereocenters. The number of β-amino-alcohol motifs (C(OH)–C–C–N with tert-alkyl or cyclic N) is 1. The van der Waals surface area contributed by atoms with E-state index < -0.39 is 6.10 Å². The van der Waals surface area contributed by atoms with Crippen LogP contribution < -0.4 is 14.2 Å². The number of aliphatic hydroxyl groups is 1. The van der Waals surface area contributed by atoms with Gasteiger partial charge in [0.05, 0.1) is 0 Å². The minimum absolute atomic E-state index is 0.259. The molecule has 1 aromatic rings. The van der Waals surface area contributed by atoms with Crippen LogP contribution in [0.25, 0.3) is 0 Å². The Morgan fingerprint density at radius 2 is 2.05 bits per heavy atom. The third kappa shape index (κ3) is 3.80. The van der Waals surface area contributed by atoms with Crippen molar-refractivity contribution in [1.29, 1.82) is 0 Å². The highest BCUT2D eigenvalue weighted by Gasteiger charge is 2.19. The first-order valence-electron chi connectivity index (χ1n) is 7.63. The summed E-state index contributed by atoms with van der Waals surface area (Å²) < 4.78 is 16.2. The molecule has 0 bridgehead atoms. The molecule has 0 aliphatic carbocycles. The summed E-state index contributed by atoms with van der Waals surface area (Å²) in [5.74, 6) is 2.95. The lowest BCUT2D eigenvalue weighted by atomic mass is 9.99. The molecule has 3 rings (SSSR count). The highest BCUT2D eigenvalue weighted by atomic mass is 16.7. The monoisotopic (exact) mass is 293 g/mol. The van der Waals surface area contributed by atoms with Gasteiger partial charge in [-0.2, -0.15) is 0 Å². The van der Waals surface area contributed by atoms with Crippen LogP contribution in [0.1, 0.15) is 19.8 Å². The van der Waals surface area contributed by atoms with E-state index in [0.29, 0.717) is 24.7 Å². The van der Waals surface area contributed by atoms with Crippen LogP contribution in [0.3, 0.4) is 0 Å². The van der Waals surface area contributed by atoms with Crippen LogP contribution in [-0.2, 0) is 0 Å². The maximum atomic E-state index is 10.1. The lowest BCUT2D eigenvalue weighted by Gasteiger charge is -2.31. The lowest BCUT2D eigenvalue weighted by Crippen LogP contribution is -2.40. The standard InChI is InChI=1S/C16H23NO4/c1-12-4-6-17(7-5-12)9-13(18)10-19-14-2-3-15-16(8-14)21-11-20-15/h2-3,8,12-13,18H,4-7,9-11H2,1H3/t13-/m1/s1. The second-order valence-electron chi connectivity index (χ2n) is 5.96. The molecule has 0 amide bonds. The van der Waals surface area contributed by atoms with E-state index in [2.05, 4.69) is 11.8 Å². The quantitative estimate of drug-likeness (QED) is 0.898. The fourth-order valence-electron chi connectivity index (χ4n) is 2.75. The molecule has 21 heavy (non-hydrogen) atoms. The molecule has 116 valence electrons. The number of likely N-dealkylation sites (tertiary alicyclic amines) is 1. The van der Waals surface area contributed by atoms with Crippen molar-refractivity contribution in [2.24, 2.45) is 5.92 Å². The van der Waals surface area contributed by atoms with Crippen molar-refractivity contribution < 1.29 is 19.3 Å². The molecule has 2 heterocycles. The minimum Gasteiger partial charge on any atom is -0.491 e. The van der Waals surface area contributed by atoms with Crippen molar-refractivity contribution in [3.63, 3.8) is 0 Å². The summed E-state index contributed by atoms with van der Waals surface area (Å²) in [5.41, 5.74) is 0. The lowest BCUT2D eigenvalue weighted by molar-refractivity contribution is 0.0562. The fourth-order valence-corrected chi connectivity index (χ4v) is 2.75. The van der Waals surface area contributed by atoms with Crippen LogP contribution in [0, 0.1) is 5.92 Å². The first-order valence-corrected chi connectivity index (χ1v) is 7.63. The second kappa shape index (κ2) is 6.54. The highest BCUT2D eigenvalue weighted by molar-refractivity contribution is 5.46. The van der Waals surface area contributed by atoms with E-state index in [0.717, 1.165) is 24.8 Å². The van der Waals surface area contributed by atoms with Gasteiger partial charge in [0.15, 0.2) is 11.5 Å². The van der Waals surface area contributed by atoms with Gasteiger partial charge in [-0.3, -0.25) is 0 Å². The Morgan fingerprint density at radius 3 is 2.86 bits per heavy atom. The number of benzene rings is 1. The Morgan fingerprint density at radius 1 is 1.29 bits per heavy atom. The molecule has 0 saturated carbocycles. The molecular formula is C16H23NO4. The second-order valence-corrected chi connectivity index (χ2v) is 5.96. The van der Waals surface area contributed by atoms with Gasteiger partial charge in [0.25, 0.3) is 0 Å². The van der Waals surface area contributed by atoms with Gasteiger partial charge in [0.1, 0.15) is 18.5 Å². The van der Waals surface area contributed by atoms with E-state index in [9.17, 15) is 5.11 Å². The average molecular weight is 293 g/mol. The Hall–Kier alpha value is -1.46. The maximum absolute atomic E-state index is 10.1. The number of hydrogen-bond acceptors (Lipinski definition) is 5. The predicted molar refractivity (Wildman–Crippen MR) is 78.9 cm³/mol. The summed E-state index contributed by atoms with van der Waals surface area (Å²) in [5, 5.41) is 10.1. The zero-order valence-electron chi connectivity index (χ0n) is 12.5. The summed E-state index contributed by atoms with van der Waals surface area (Å²) in [4.78, 5) is 2.31. The van der Waals surface area contributed by atoms with E-state index >= 15 is 0 Å². The molecule has 0 aromatic heterocycles. The van der Waals surface area contributed by atoms with E-state index in [1.54, 1.807) is 6.07 Å². The molecule has 1 saturated heterocycles. The summed E-state index contributed by atoms with van der Waals surface area (Å²) >= 11 is 0. The van der Waals surface area contributed by atoms with Crippen molar-refractivity contribution >= 4 is 0 Å². The summed E-state index contributed by atoms with van der Waals surface area (Å²) in [6, 6.07) is 5.47. The van der Waals surface area contributed by atoms with Crippen molar-refractivity contribution in [1.82, 2.24) is 4.90 Å². The van der Waals surface area contributed by atoms with Crippen LogP contribution in [0.2, 0.25) is 0 Å². The number of aliphatic hydroxyl groups excluding tert-OH is 1. The zero-order chi connectivity index (χ0) is 14.7. The summed E-state index contributed by atoms with van der Waals surface area (Å²) in [6.45, 7) is 5.67. The molecule has 2 aliphatic heterocycles. The highest BCUT2D eigenvalue weighted by Crippen LogP contribution is 2.35. The van der Waals surface area contributed by atoms with Gasteiger partial charge in [0.2, 0.25) is 6.79 Å². The molecule has 0 spiro atoms. The number of fused-ring (bicyclic) bond motifs is 1. The van der Waals surface area contributed by atoms with Gasteiger partial charge in [-0.1, -0.05) is 6.92 Å². The third-order valence-corrected chi connectivity index (χ3v) is 4.13. The van der Waals surface area contributed by atoms with Crippen LogP contribution in [-0.4, -0.2) is 49.1 Å². The Kier molecular flexibility index (Phi) is 4.51. The minimum atomic E-state index is -0.469. The van der Waals surface area contributed by atoms with Crippen LogP contribution in [0.15, 0.2) is 18.2 Å². The van der Waals surface area contributed by atoms with E-state index in [-0.39, 0.29) is 6.79 Å². The van der Waals surface area contributed by atoms with Gasteiger partial charge in [-0.05, 0) is 44.0 Å². The van der Waals surface area contributed by atoms with Crippen molar-refractivity contribution in [3.05, 3.63) is 18.2 Å². The van der Waals surface area contributed by atoms with Gasteiger partial charge >= 0.3 is 0 Å². The SMILES string of the molecule is CC1CCN(C[C@@H](O)COc2ccc3c(c2)OCO3)CC1. The maximum Gasteiger partial charge on any atom is 0.231 e. The van der Waals surface area contributed by atoms with E-state index in [1.807, 2.05) is 12.1 Å². The van der Waals surface area contributed by atoms with Crippen LogP contribution in [0.4, 0.5) is 0 Å². The topological polar surface area (TPSA) is 51.2 Å². The Bertz CT molecular complexity index is 471. The van der Waals surface area contributed by atoms with Gasteiger partial charge in [0, 0.05) is 12.6 Å². The Balaban J connectivity index is 1.44. The summed E-state index contributed by atoms with van der Waals surface area (Å²) in [6.07, 6.45) is 1.97. The number of hydrogen-bond donors (Lipinski definition) is 1. The number of piperidine rings is 1. The zero-order valence-corrected chi connectivity index (χ0v) is 12.5. The molecule has 1 fully saturated rings. The van der Waals surface area contributed by atoms with Gasteiger partial charge in [-0.25, -0.2) is 0 Å². The van der Waals surface area contributed by atoms with E-state index in [1.165, 1.54) is 12.8 Å². The molecule has 1 aromatic carbocycles. The molecule has 5 nitrogen and oxygen atoms in total. The summed E-state index contributed by atoms with van der Waals surface area (Å²) in [7, 11) is 0. The average Bonchev–Trinajstić information content (AvgIpc) is 2.95. The molecule has 5 heteroatoms. The number of ether oxygens (including phenoxy) is 3. The van der Waals surface area contributed by atoms with Gasteiger partial charge in [-0.15, -0.1) is 0 Å². The molecule has 2 aliphatic rings. The molecule has 0 unspecified atom stereocenters. The van der Waals surface area contributed by atoms with Crippen molar-refractivity contribution in [3.8, 4) is 17.2 Å². The molecule has 0 radical (unpaired) electrons. The van der Waals surface area contributed by atoms with Crippen LogP contribution >= 0.6 is 0 Å². The normalized spacial score (nSPS) is 20.5. The van der Waals surface area contributed by atoms with Crippen molar-refractivity contribution in [2.75, 3.05) is 33.0 Å². The predicted octanol–water partition coefficient (Wildman–Crippen LogP) is 1.89.